The topological polar surface area (TPSA) is 64.4 Å². The second kappa shape index (κ2) is 8.72. The van der Waals surface area contributed by atoms with Gasteiger partial charge in [-0.15, -0.1) is 0 Å². The molecule has 1 spiro atoms. The van der Waals surface area contributed by atoms with E-state index in [9.17, 15) is 9.59 Å². The third-order valence-electron chi connectivity index (χ3n) is 7.09. The molecule has 1 aromatic heterocycles. The lowest BCUT2D eigenvalue weighted by Crippen LogP contribution is -2.52. The minimum absolute atomic E-state index is 0.0130. The van der Waals surface area contributed by atoms with Crippen LogP contribution in [0.4, 0.5) is 4.79 Å². The van der Waals surface area contributed by atoms with Gasteiger partial charge in [0.05, 0.1) is 12.0 Å². The van der Waals surface area contributed by atoms with Crippen molar-refractivity contribution in [2.75, 3.05) is 13.1 Å². The Labute approximate surface area is 190 Å². The van der Waals surface area contributed by atoms with Crippen molar-refractivity contribution in [3.05, 3.63) is 52.6 Å². The molecule has 2 fully saturated rings. The molecular formula is C26H35N3O3. The number of carbonyl (C=O) groups is 1. The van der Waals surface area contributed by atoms with E-state index in [0.29, 0.717) is 19.0 Å². The lowest BCUT2D eigenvalue weighted by atomic mass is 9.69. The van der Waals surface area contributed by atoms with Crippen molar-refractivity contribution in [1.29, 1.82) is 0 Å². The van der Waals surface area contributed by atoms with Crippen LogP contribution in [0.2, 0.25) is 0 Å². The summed E-state index contributed by atoms with van der Waals surface area (Å²) in [6.07, 6.45) is 6.92. The average Bonchev–Trinajstić information content (AvgIpc) is 3.19. The Kier molecular flexibility index (Phi) is 6.15. The van der Waals surface area contributed by atoms with E-state index in [1.165, 1.54) is 12.8 Å². The number of likely N-dealkylation sites (tertiary alicyclic amines) is 1. The maximum atomic E-state index is 13.0. The number of piperidine rings is 1. The highest BCUT2D eigenvalue weighted by molar-refractivity contribution is 5.68. The third-order valence-corrected chi connectivity index (χ3v) is 7.09. The van der Waals surface area contributed by atoms with E-state index in [-0.39, 0.29) is 17.1 Å². The zero-order valence-corrected chi connectivity index (χ0v) is 19.8. The predicted octanol–water partition coefficient (Wildman–Crippen LogP) is 5.04. The zero-order chi connectivity index (χ0) is 22.9. The minimum Gasteiger partial charge on any atom is -0.444 e. The summed E-state index contributed by atoms with van der Waals surface area (Å²) in [5.74, 6) is 0.354. The fourth-order valence-corrected chi connectivity index (χ4v) is 5.43. The summed E-state index contributed by atoms with van der Waals surface area (Å²) in [4.78, 5) is 32.2. The van der Waals surface area contributed by atoms with E-state index in [1.54, 1.807) is 17.0 Å². The van der Waals surface area contributed by atoms with Gasteiger partial charge < -0.3 is 9.64 Å². The molecule has 32 heavy (non-hydrogen) atoms. The molecule has 2 heterocycles. The van der Waals surface area contributed by atoms with Crippen LogP contribution in [0.15, 0.2) is 41.5 Å². The largest absolute Gasteiger partial charge is 0.444 e. The van der Waals surface area contributed by atoms with Crippen LogP contribution in [0.5, 0.6) is 0 Å². The fourth-order valence-electron chi connectivity index (χ4n) is 5.43. The molecule has 1 unspecified atom stereocenters. The molecule has 4 rings (SSSR count). The van der Waals surface area contributed by atoms with Gasteiger partial charge in [-0.25, -0.2) is 9.78 Å². The molecule has 1 aliphatic carbocycles. The summed E-state index contributed by atoms with van der Waals surface area (Å²) in [6, 6.07) is 9.65. The van der Waals surface area contributed by atoms with Gasteiger partial charge in [0.1, 0.15) is 5.60 Å². The molecule has 1 atom stereocenters. The molecule has 0 bridgehead atoms. The first kappa shape index (κ1) is 22.6. The number of carbonyl (C=O) groups excluding carboxylic acids is 1. The van der Waals surface area contributed by atoms with Gasteiger partial charge in [0.2, 0.25) is 0 Å². The zero-order valence-electron chi connectivity index (χ0n) is 19.8. The maximum Gasteiger partial charge on any atom is 0.410 e. The Bertz CT molecular complexity index is 1030. The Morgan fingerprint density at radius 3 is 2.59 bits per heavy atom. The van der Waals surface area contributed by atoms with E-state index in [4.69, 9.17) is 4.74 Å². The first-order chi connectivity index (χ1) is 15.2. The lowest BCUT2D eigenvalue weighted by Gasteiger charge is -2.46. The van der Waals surface area contributed by atoms with Crippen LogP contribution in [0.1, 0.15) is 58.4 Å². The lowest BCUT2D eigenvalue weighted by molar-refractivity contribution is -0.0156. The number of hydrogen-bond donors (Lipinski definition) is 0. The Hall–Kier alpha value is -2.63. The fraction of sp³-hybridized carbons (Fsp3) is 0.577. The van der Waals surface area contributed by atoms with E-state index in [1.807, 2.05) is 56.9 Å². The van der Waals surface area contributed by atoms with Crippen molar-refractivity contribution in [2.24, 2.45) is 11.3 Å². The number of ether oxygens (including phenoxy) is 1. The van der Waals surface area contributed by atoms with Crippen LogP contribution in [0.25, 0.3) is 11.3 Å². The van der Waals surface area contributed by atoms with Gasteiger partial charge in [-0.1, -0.05) is 37.1 Å². The quantitative estimate of drug-likeness (QED) is 0.675. The van der Waals surface area contributed by atoms with Crippen molar-refractivity contribution < 1.29 is 9.53 Å². The van der Waals surface area contributed by atoms with Gasteiger partial charge in [0.15, 0.2) is 0 Å². The smallest absolute Gasteiger partial charge is 0.410 e. The number of rotatable bonds is 3. The molecule has 1 saturated carbocycles. The number of benzene rings is 1. The minimum atomic E-state index is -0.491. The summed E-state index contributed by atoms with van der Waals surface area (Å²) in [5.41, 5.74) is 2.38. The van der Waals surface area contributed by atoms with Crippen LogP contribution in [-0.4, -0.2) is 39.2 Å². The monoisotopic (exact) mass is 437 g/mol. The number of aromatic nitrogens is 2. The molecule has 1 saturated heterocycles. The van der Waals surface area contributed by atoms with Crippen molar-refractivity contribution in [1.82, 2.24) is 14.5 Å². The van der Waals surface area contributed by atoms with E-state index >= 15 is 0 Å². The first-order valence-electron chi connectivity index (χ1n) is 11.8. The van der Waals surface area contributed by atoms with Crippen molar-refractivity contribution in [3.63, 3.8) is 0 Å². The highest BCUT2D eigenvalue weighted by Crippen LogP contribution is 2.49. The van der Waals surface area contributed by atoms with Crippen LogP contribution in [0, 0.1) is 18.3 Å². The van der Waals surface area contributed by atoms with Crippen molar-refractivity contribution in [3.8, 4) is 11.3 Å². The molecule has 0 N–H and O–H groups in total. The molecule has 6 heteroatoms. The van der Waals surface area contributed by atoms with Crippen LogP contribution >= 0.6 is 0 Å². The summed E-state index contributed by atoms with van der Waals surface area (Å²) in [7, 11) is 0. The van der Waals surface area contributed by atoms with Gasteiger partial charge in [-0.2, -0.15) is 0 Å². The molecule has 1 aliphatic heterocycles. The van der Waals surface area contributed by atoms with Crippen LogP contribution < -0.4 is 5.56 Å². The van der Waals surface area contributed by atoms with Crippen molar-refractivity contribution in [2.45, 2.75) is 71.9 Å². The van der Waals surface area contributed by atoms with Gasteiger partial charge in [0, 0.05) is 31.3 Å². The number of hydrogen-bond acceptors (Lipinski definition) is 4. The Morgan fingerprint density at radius 1 is 1.22 bits per heavy atom. The standard InChI is InChI=1S/C26H35N3O3/c1-19-9-5-6-10-21(19)22-15-23(30)29(18-27-22)16-20-11-14-28(24(31)32-25(2,3)4)17-26(20)12-7-8-13-26/h5-6,9-10,15,18,20H,7-8,11-14,16-17H2,1-4H3. The maximum absolute atomic E-state index is 13.0. The molecule has 2 aliphatic rings. The first-order valence-corrected chi connectivity index (χ1v) is 11.8. The highest BCUT2D eigenvalue weighted by Gasteiger charge is 2.46. The summed E-state index contributed by atoms with van der Waals surface area (Å²) < 4.78 is 7.40. The Morgan fingerprint density at radius 2 is 1.94 bits per heavy atom. The van der Waals surface area contributed by atoms with E-state index < -0.39 is 5.60 Å². The second-order valence-corrected chi connectivity index (χ2v) is 10.5. The molecule has 6 nitrogen and oxygen atoms in total. The average molecular weight is 438 g/mol. The molecule has 1 amide bonds. The van der Waals surface area contributed by atoms with Gasteiger partial charge in [-0.05, 0) is 63.9 Å². The van der Waals surface area contributed by atoms with E-state index in [0.717, 1.165) is 42.6 Å². The normalized spacial score (nSPS) is 20.5. The van der Waals surface area contributed by atoms with Crippen molar-refractivity contribution >= 4 is 6.09 Å². The summed E-state index contributed by atoms with van der Waals surface area (Å²) in [6.45, 7) is 9.79. The third kappa shape index (κ3) is 4.74. The molecule has 2 aromatic rings. The van der Waals surface area contributed by atoms with Gasteiger partial charge in [0.25, 0.3) is 5.56 Å². The summed E-state index contributed by atoms with van der Waals surface area (Å²) in [5, 5.41) is 0. The molecule has 1 aromatic carbocycles. The summed E-state index contributed by atoms with van der Waals surface area (Å²) >= 11 is 0. The molecular weight excluding hydrogens is 402 g/mol. The SMILES string of the molecule is Cc1ccccc1-c1cc(=O)n(CC2CCN(C(=O)OC(C)(C)C)CC23CCCC3)cn1. The van der Waals surface area contributed by atoms with Gasteiger partial charge in [-0.3, -0.25) is 9.36 Å². The highest BCUT2D eigenvalue weighted by atomic mass is 16.6. The number of aryl methyl sites for hydroxylation is 1. The molecule has 0 radical (unpaired) electrons. The van der Waals surface area contributed by atoms with Gasteiger partial charge >= 0.3 is 6.09 Å². The molecule has 172 valence electrons. The number of amides is 1. The number of nitrogens with zero attached hydrogens (tertiary/aromatic N) is 3. The van der Waals surface area contributed by atoms with Crippen LogP contribution in [-0.2, 0) is 11.3 Å². The van der Waals surface area contributed by atoms with E-state index in [2.05, 4.69) is 4.98 Å². The Balaban J connectivity index is 1.52. The predicted molar refractivity (Wildman–Crippen MR) is 125 cm³/mol. The van der Waals surface area contributed by atoms with Crippen LogP contribution in [0.3, 0.4) is 0 Å². The second-order valence-electron chi connectivity index (χ2n) is 10.5.